The number of benzene rings is 2. The lowest BCUT2D eigenvalue weighted by Crippen LogP contribution is -2.48. The molecule has 0 radical (unpaired) electrons. The maximum absolute atomic E-state index is 12.8. The molecule has 0 bridgehead atoms. The Hall–Kier alpha value is -3.88. The van der Waals surface area contributed by atoms with Gasteiger partial charge in [-0.05, 0) is 28.7 Å². The van der Waals surface area contributed by atoms with Crippen molar-refractivity contribution in [2.24, 2.45) is 0 Å². The predicted molar refractivity (Wildman–Crippen MR) is 125 cm³/mol. The molecule has 9 nitrogen and oxygen atoms in total. The third-order valence-electron chi connectivity index (χ3n) is 5.91. The fourth-order valence-corrected chi connectivity index (χ4v) is 4.08. The van der Waals surface area contributed by atoms with Crippen molar-refractivity contribution >= 4 is 23.9 Å². The number of carbonyl (C=O) groups excluding carboxylic acids is 3. The lowest BCUT2D eigenvalue weighted by Gasteiger charge is -2.24. The van der Waals surface area contributed by atoms with Gasteiger partial charge in [0.25, 0.3) is 0 Å². The highest BCUT2D eigenvalue weighted by Gasteiger charge is 2.30. The number of likely N-dealkylation sites (N-methyl/N-ethyl adjacent to an activating group) is 1. The molecule has 1 unspecified atom stereocenters. The summed E-state index contributed by atoms with van der Waals surface area (Å²) >= 11 is 0. The van der Waals surface area contributed by atoms with E-state index in [2.05, 4.69) is 10.6 Å². The number of alkyl carbamates (subject to hydrolysis) is 1. The van der Waals surface area contributed by atoms with Crippen LogP contribution in [0.2, 0.25) is 0 Å². The van der Waals surface area contributed by atoms with Gasteiger partial charge in [-0.15, -0.1) is 0 Å². The second-order valence-electron chi connectivity index (χ2n) is 8.14. The number of hydrogen-bond acceptors (Lipinski definition) is 5. The van der Waals surface area contributed by atoms with E-state index >= 15 is 0 Å². The molecule has 0 aromatic heterocycles. The number of rotatable bonds is 10. The Balaban J connectivity index is 1.65. The van der Waals surface area contributed by atoms with Crippen LogP contribution < -0.4 is 10.6 Å². The zero-order valence-electron chi connectivity index (χ0n) is 19.2. The molecule has 3 amide bonds. The molecule has 0 saturated heterocycles. The Kier molecular flexibility index (Phi) is 8.24. The highest BCUT2D eigenvalue weighted by atomic mass is 16.5. The minimum Gasteiger partial charge on any atom is -0.481 e. The van der Waals surface area contributed by atoms with Crippen LogP contribution in [-0.4, -0.2) is 67.2 Å². The van der Waals surface area contributed by atoms with E-state index in [1.165, 1.54) is 19.0 Å². The molecule has 0 saturated carbocycles. The summed E-state index contributed by atoms with van der Waals surface area (Å²) in [4.78, 5) is 49.2. The number of nitrogens with zero attached hydrogens (tertiary/aromatic N) is 1. The molecule has 0 fully saturated rings. The largest absolute Gasteiger partial charge is 0.481 e. The maximum Gasteiger partial charge on any atom is 0.407 e. The summed E-state index contributed by atoms with van der Waals surface area (Å²) < 4.78 is 5.49. The average Bonchev–Trinajstić information content (AvgIpc) is 3.16. The van der Waals surface area contributed by atoms with Crippen LogP contribution in [0, 0.1) is 0 Å². The van der Waals surface area contributed by atoms with E-state index in [0.717, 1.165) is 22.3 Å². The van der Waals surface area contributed by atoms with Crippen LogP contribution in [0.25, 0.3) is 11.1 Å². The molecular formula is C25H29N3O6. The Bertz CT molecular complexity index is 1020. The molecule has 1 aliphatic rings. The first-order valence-corrected chi connectivity index (χ1v) is 11.1. The lowest BCUT2D eigenvalue weighted by molar-refractivity contribution is -0.137. The number of fused-ring (bicyclic) bond motifs is 3. The number of nitrogens with one attached hydrogen (secondary N) is 2. The number of ether oxygens (including phenoxy) is 1. The third kappa shape index (κ3) is 5.92. The summed E-state index contributed by atoms with van der Waals surface area (Å²) in [5.74, 6) is -1.94. The van der Waals surface area contributed by atoms with Crippen molar-refractivity contribution in [1.29, 1.82) is 0 Å². The monoisotopic (exact) mass is 467 g/mol. The van der Waals surface area contributed by atoms with E-state index in [1.807, 2.05) is 48.5 Å². The van der Waals surface area contributed by atoms with Crippen molar-refractivity contribution in [3.63, 3.8) is 0 Å². The molecule has 0 heterocycles. The van der Waals surface area contributed by atoms with Crippen LogP contribution in [0.5, 0.6) is 0 Å². The summed E-state index contributed by atoms with van der Waals surface area (Å²) in [7, 11) is 3.00. The second kappa shape index (κ2) is 11.3. The standard InChI is InChI=1S/C25H29N3O6/c1-26-22(29)13-14-28(2)24(32)21(11-12-23(30)31)27-25(33)34-15-20-18-9-5-3-7-16(18)17-8-4-6-10-19(17)20/h3-10,20-21H,11-15H2,1-2H3,(H,26,29)(H,27,33)(H,30,31). The van der Waals surface area contributed by atoms with Crippen molar-refractivity contribution in [1.82, 2.24) is 15.5 Å². The zero-order chi connectivity index (χ0) is 24.7. The van der Waals surface area contributed by atoms with E-state index in [1.54, 1.807) is 0 Å². The van der Waals surface area contributed by atoms with Crippen molar-refractivity contribution in [3.8, 4) is 11.1 Å². The van der Waals surface area contributed by atoms with Gasteiger partial charge < -0.3 is 25.4 Å². The van der Waals surface area contributed by atoms with Gasteiger partial charge >= 0.3 is 12.1 Å². The minimum atomic E-state index is -1.08. The van der Waals surface area contributed by atoms with E-state index in [0.29, 0.717) is 0 Å². The van der Waals surface area contributed by atoms with E-state index in [-0.39, 0.29) is 44.2 Å². The molecule has 180 valence electrons. The zero-order valence-corrected chi connectivity index (χ0v) is 19.2. The van der Waals surface area contributed by atoms with Gasteiger partial charge in [0, 0.05) is 39.4 Å². The van der Waals surface area contributed by atoms with Gasteiger partial charge in [-0.3, -0.25) is 14.4 Å². The first kappa shape index (κ1) is 24.8. The van der Waals surface area contributed by atoms with E-state index in [9.17, 15) is 19.2 Å². The quantitative estimate of drug-likeness (QED) is 0.493. The smallest absolute Gasteiger partial charge is 0.407 e. The summed E-state index contributed by atoms with van der Waals surface area (Å²) in [5.41, 5.74) is 4.31. The molecule has 3 rings (SSSR count). The van der Waals surface area contributed by atoms with Gasteiger partial charge in [0.05, 0.1) is 0 Å². The Morgan fingerprint density at radius 1 is 1.00 bits per heavy atom. The molecule has 1 aliphatic carbocycles. The first-order valence-electron chi connectivity index (χ1n) is 11.1. The topological polar surface area (TPSA) is 125 Å². The molecule has 0 aliphatic heterocycles. The highest BCUT2D eigenvalue weighted by molar-refractivity contribution is 5.86. The number of carboxylic acid groups (broad SMARTS) is 1. The SMILES string of the molecule is CNC(=O)CCN(C)C(=O)C(CCC(=O)O)NC(=O)OCC1c2ccccc2-c2ccccc21. The second-order valence-corrected chi connectivity index (χ2v) is 8.14. The van der Waals surface area contributed by atoms with Gasteiger partial charge in [0.1, 0.15) is 12.6 Å². The molecule has 34 heavy (non-hydrogen) atoms. The molecule has 9 heteroatoms. The van der Waals surface area contributed by atoms with E-state index in [4.69, 9.17) is 9.84 Å². The third-order valence-corrected chi connectivity index (χ3v) is 5.91. The molecule has 0 spiro atoms. The van der Waals surface area contributed by atoms with Gasteiger partial charge in [0.15, 0.2) is 0 Å². The van der Waals surface area contributed by atoms with Crippen molar-refractivity contribution in [2.45, 2.75) is 31.2 Å². The van der Waals surface area contributed by atoms with Crippen LogP contribution in [0.4, 0.5) is 4.79 Å². The average molecular weight is 468 g/mol. The first-order chi connectivity index (χ1) is 16.3. The Morgan fingerprint density at radius 3 is 2.15 bits per heavy atom. The van der Waals surface area contributed by atoms with Crippen molar-refractivity contribution in [3.05, 3.63) is 59.7 Å². The van der Waals surface area contributed by atoms with Crippen molar-refractivity contribution < 1.29 is 29.0 Å². The number of aliphatic carboxylic acids is 1. The minimum absolute atomic E-state index is 0.0756. The Labute approximate surface area is 198 Å². The Morgan fingerprint density at radius 2 is 1.59 bits per heavy atom. The fourth-order valence-electron chi connectivity index (χ4n) is 4.08. The van der Waals surface area contributed by atoms with Crippen LogP contribution in [0.15, 0.2) is 48.5 Å². The van der Waals surface area contributed by atoms with Gasteiger partial charge in [0.2, 0.25) is 11.8 Å². The van der Waals surface area contributed by atoms with Crippen molar-refractivity contribution in [2.75, 3.05) is 27.2 Å². The molecule has 2 aromatic rings. The maximum atomic E-state index is 12.8. The van der Waals surface area contributed by atoms with Gasteiger partial charge in [-0.2, -0.15) is 0 Å². The van der Waals surface area contributed by atoms with Crippen LogP contribution in [0.1, 0.15) is 36.3 Å². The number of amides is 3. The molecular weight excluding hydrogens is 438 g/mol. The van der Waals surface area contributed by atoms with E-state index < -0.39 is 24.0 Å². The normalized spacial score (nSPS) is 12.8. The number of carbonyl (C=O) groups is 4. The molecule has 2 aromatic carbocycles. The predicted octanol–water partition coefficient (Wildman–Crippen LogP) is 2.35. The fraction of sp³-hybridized carbons (Fsp3) is 0.360. The van der Waals surface area contributed by atoms with Gasteiger partial charge in [-0.25, -0.2) is 4.79 Å². The summed E-state index contributed by atoms with van der Waals surface area (Å²) in [5, 5.41) is 14.0. The number of carboxylic acids is 1. The van der Waals surface area contributed by atoms with Crippen LogP contribution in [-0.2, 0) is 19.1 Å². The molecule has 1 atom stereocenters. The number of hydrogen-bond donors (Lipinski definition) is 3. The summed E-state index contributed by atoms with van der Waals surface area (Å²) in [6.07, 6.45) is -1.10. The lowest BCUT2D eigenvalue weighted by atomic mass is 9.98. The van der Waals surface area contributed by atoms with Gasteiger partial charge in [-0.1, -0.05) is 48.5 Å². The van der Waals surface area contributed by atoms with Crippen LogP contribution >= 0.6 is 0 Å². The highest BCUT2D eigenvalue weighted by Crippen LogP contribution is 2.44. The van der Waals surface area contributed by atoms with Crippen LogP contribution in [0.3, 0.4) is 0 Å². The molecule has 3 N–H and O–H groups in total. The summed E-state index contributed by atoms with van der Waals surface area (Å²) in [6.45, 7) is 0.209. The summed E-state index contributed by atoms with van der Waals surface area (Å²) in [6, 6.07) is 14.8.